The minimum atomic E-state index is -1.05. The van der Waals surface area contributed by atoms with Gasteiger partial charge in [-0.25, -0.2) is 9.97 Å². The van der Waals surface area contributed by atoms with Crippen molar-refractivity contribution in [1.82, 2.24) is 14.5 Å². The van der Waals surface area contributed by atoms with E-state index in [1.165, 1.54) is 11.9 Å². The summed E-state index contributed by atoms with van der Waals surface area (Å²) >= 11 is 7.05. The molecule has 39 heavy (non-hydrogen) atoms. The lowest BCUT2D eigenvalue weighted by molar-refractivity contribution is -0.141. The molecule has 0 spiro atoms. The number of thiazole rings is 1. The van der Waals surface area contributed by atoms with E-state index in [1.807, 2.05) is 29.9 Å². The van der Waals surface area contributed by atoms with E-state index in [4.69, 9.17) is 16.3 Å². The Kier molecular flexibility index (Phi) is 7.97. The summed E-state index contributed by atoms with van der Waals surface area (Å²) in [6.07, 6.45) is 5.35. The van der Waals surface area contributed by atoms with E-state index in [1.54, 1.807) is 24.4 Å². The number of pyridine rings is 1. The van der Waals surface area contributed by atoms with Gasteiger partial charge in [0.2, 0.25) is 11.0 Å². The van der Waals surface area contributed by atoms with Crippen molar-refractivity contribution in [2.75, 3.05) is 25.2 Å². The van der Waals surface area contributed by atoms with Gasteiger partial charge in [0.05, 0.1) is 6.42 Å². The summed E-state index contributed by atoms with van der Waals surface area (Å²) in [5.41, 5.74) is 2.85. The van der Waals surface area contributed by atoms with Gasteiger partial charge in [-0.2, -0.15) is 4.39 Å². The molecule has 0 aliphatic carbocycles. The largest absolute Gasteiger partial charge is 0.481 e. The molecule has 4 heterocycles. The second-order valence-corrected chi connectivity index (χ2v) is 11.2. The first-order valence-corrected chi connectivity index (χ1v) is 13.9. The smallest absolute Gasteiger partial charge is 0.304 e. The number of nitrogens with zero attached hydrogens (tertiary/aromatic N) is 4. The Hall–Kier alpha value is -3.34. The summed E-state index contributed by atoms with van der Waals surface area (Å²) in [4.78, 5) is 35.3. The quantitative estimate of drug-likeness (QED) is 0.278. The number of ether oxygens (including phenoxy) is 1. The van der Waals surface area contributed by atoms with Crippen molar-refractivity contribution in [3.05, 3.63) is 52.9 Å². The number of carbonyl (C=O) groups excluding carboxylic acids is 1. The Bertz CT molecular complexity index is 1530. The average molecular weight is 571 g/mol. The second kappa shape index (κ2) is 11.4. The van der Waals surface area contributed by atoms with Gasteiger partial charge in [0.25, 0.3) is 0 Å². The van der Waals surface area contributed by atoms with Crippen LogP contribution in [0.5, 0.6) is 0 Å². The highest BCUT2D eigenvalue weighted by atomic mass is 35.5. The second-order valence-electron chi connectivity index (χ2n) is 9.86. The zero-order valence-corrected chi connectivity index (χ0v) is 23.1. The highest BCUT2D eigenvalue weighted by molar-refractivity contribution is 7.14. The van der Waals surface area contributed by atoms with E-state index in [0.29, 0.717) is 35.8 Å². The Labute approximate surface area is 234 Å². The van der Waals surface area contributed by atoms with Crippen LogP contribution in [0.1, 0.15) is 25.7 Å². The molecule has 1 amide bonds. The number of aromatic nitrogens is 3. The lowest BCUT2D eigenvalue weighted by Crippen LogP contribution is -2.35. The Morgan fingerprint density at radius 2 is 2.03 bits per heavy atom. The van der Waals surface area contributed by atoms with Crippen molar-refractivity contribution >= 4 is 51.0 Å². The van der Waals surface area contributed by atoms with Crippen molar-refractivity contribution in [1.29, 1.82) is 0 Å². The molecule has 11 heteroatoms. The number of carboxylic acid groups (broad SMARTS) is 1. The lowest BCUT2D eigenvalue weighted by atomic mass is 9.86. The monoisotopic (exact) mass is 570 g/mol. The van der Waals surface area contributed by atoms with Crippen molar-refractivity contribution in [2.45, 2.75) is 25.7 Å². The summed E-state index contributed by atoms with van der Waals surface area (Å²) in [7, 11) is 3.42. The third-order valence-corrected chi connectivity index (χ3v) is 8.33. The van der Waals surface area contributed by atoms with Crippen LogP contribution in [0, 0.1) is 17.0 Å². The third-order valence-electron chi connectivity index (χ3n) is 7.18. The zero-order valence-electron chi connectivity index (χ0n) is 21.6. The fourth-order valence-electron chi connectivity index (χ4n) is 5.10. The van der Waals surface area contributed by atoms with Crippen LogP contribution >= 0.6 is 22.9 Å². The molecule has 1 aromatic carbocycles. The van der Waals surface area contributed by atoms with E-state index in [2.05, 4.69) is 9.97 Å². The molecule has 0 radical (unpaired) electrons. The minimum absolute atomic E-state index is 0.0690. The summed E-state index contributed by atoms with van der Waals surface area (Å²) < 4.78 is 22.7. The van der Waals surface area contributed by atoms with Crippen LogP contribution in [0.2, 0.25) is 5.02 Å². The van der Waals surface area contributed by atoms with Gasteiger partial charge in [0.1, 0.15) is 11.3 Å². The number of aliphatic carboxylic acids is 1. The summed E-state index contributed by atoms with van der Waals surface area (Å²) in [6, 6.07) is 9.10. The Morgan fingerprint density at radius 1 is 1.26 bits per heavy atom. The molecule has 4 aromatic rings. The highest BCUT2D eigenvalue weighted by Gasteiger charge is 2.31. The first-order chi connectivity index (χ1) is 18.7. The van der Waals surface area contributed by atoms with E-state index in [0.717, 1.165) is 40.8 Å². The van der Waals surface area contributed by atoms with Crippen LogP contribution in [0.15, 0.2) is 42.7 Å². The fourth-order valence-corrected chi connectivity index (χ4v) is 6.05. The van der Waals surface area contributed by atoms with Crippen LogP contribution < -0.4 is 4.90 Å². The molecule has 5 rings (SSSR count). The molecule has 1 unspecified atom stereocenters. The Morgan fingerprint density at radius 3 is 2.77 bits per heavy atom. The molecular weight excluding hydrogens is 543 g/mol. The van der Waals surface area contributed by atoms with Gasteiger partial charge in [0.15, 0.2) is 5.13 Å². The number of benzene rings is 1. The van der Waals surface area contributed by atoms with Crippen LogP contribution in [-0.2, 0) is 21.4 Å². The number of hydrogen-bond donors (Lipinski definition) is 1. The summed E-state index contributed by atoms with van der Waals surface area (Å²) in [5.74, 6) is -1.98. The number of carboxylic acids is 1. The number of anilines is 1. The minimum Gasteiger partial charge on any atom is -0.481 e. The molecule has 1 aliphatic heterocycles. The predicted molar refractivity (Wildman–Crippen MR) is 150 cm³/mol. The van der Waals surface area contributed by atoms with E-state index in [9.17, 15) is 14.7 Å². The van der Waals surface area contributed by atoms with Gasteiger partial charge in [0, 0.05) is 67.2 Å². The number of aryl methyl sites for hydroxylation is 1. The van der Waals surface area contributed by atoms with Gasteiger partial charge >= 0.3 is 5.97 Å². The molecular formula is C28H28ClFN4O4S. The van der Waals surface area contributed by atoms with Crippen LogP contribution in [0.25, 0.3) is 33.4 Å². The SMILES string of the molecule is CN(C(=O)C(CC(=O)O)CC1CCOCC1)c1nc(-c2cc(Cl)ccc2-c2cnc3c(ccn3C)c2)c(F)s1. The first kappa shape index (κ1) is 27.2. The number of hydrogen-bond acceptors (Lipinski definition) is 6. The molecule has 204 valence electrons. The maximum atomic E-state index is 15.4. The average Bonchev–Trinajstić information content (AvgIpc) is 3.49. The third kappa shape index (κ3) is 5.83. The van der Waals surface area contributed by atoms with Gasteiger partial charge in [-0.1, -0.05) is 29.0 Å². The molecule has 0 bridgehead atoms. The highest BCUT2D eigenvalue weighted by Crippen LogP contribution is 2.39. The van der Waals surface area contributed by atoms with Crippen molar-refractivity contribution in [3.8, 4) is 22.4 Å². The molecule has 8 nitrogen and oxygen atoms in total. The standard InChI is InChI=1S/C28H28ClFN4O4S/c1-33-8-5-17-12-19(15-31-26(17)33)21-4-3-20(29)14-22(21)24-25(30)39-28(32-24)34(2)27(37)18(13-23(35)36)11-16-6-9-38-10-7-16/h3-5,8,12,14-16,18H,6-7,9-11,13H2,1-2H3,(H,35,36). The van der Waals surface area contributed by atoms with E-state index >= 15 is 4.39 Å². The van der Waals surface area contributed by atoms with Crippen LogP contribution in [0.4, 0.5) is 9.52 Å². The van der Waals surface area contributed by atoms with Gasteiger partial charge in [-0.15, -0.1) is 0 Å². The summed E-state index contributed by atoms with van der Waals surface area (Å²) in [5, 5.41) is 10.4. The van der Waals surface area contributed by atoms with Crippen LogP contribution in [0.3, 0.4) is 0 Å². The zero-order chi connectivity index (χ0) is 27.7. The van der Waals surface area contributed by atoms with Crippen molar-refractivity contribution in [3.63, 3.8) is 0 Å². The van der Waals surface area contributed by atoms with E-state index in [-0.39, 0.29) is 23.2 Å². The molecule has 1 N–H and O–H groups in total. The first-order valence-electron chi connectivity index (χ1n) is 12.7. The molecule has 1 fully saturated rings. The number of fused-ring (bicyclic) bond motifs is 1. The lowest BCUT2D eigenvalue weighted by Gasteiger charge is -2.27. The van der Waals surface area contributed by atoms with Crippen molar-refractivity contribution in [2.24, 2.45) is 18.9 Å². The topological polar surface area (TPSA) is 97.6 Å². The maximum absolute atomic E-state index is 15.4. The normalized spacial score (nSPS) is 15.0. The number of halogens is 2. The molecule has 1 atom stereocenters. The van der Waals surface area contributed by atoms with E-state index < -0.39 is 22.9 Å². The van der Waals surface area contributed by atoms with Crippen molar-refractivity contribution < 1.29 is 23.8 Å². The van der Waals surface area contributed by atoms with Crippen LogP contribution in [-0.4, -0.2) is 51.8 Å². The van der Waals surface area contributed by atoms with Gasteiger partial charge in [-0.3, -0.25) is 14.5 Å². The summed E-state index contributed by atoms with van der Waals surface area (Å²) in [6.45, 7) is 1.20. The number of carbonyl (C=O) groups is 2. The predicted octanol–water partition coefficient (Wildman–Crippen LogP) is 6.03. The molecule has 0 saturated carbocycles. The molecule has 3 aromatic heterocycles. The molecule has 1 saturated heterocycles. The Balaban J connectivity index is 1.46. The fraction of sp³-hybridized carbons (Fsp3) is 0.357. The number of amides is 1. The molecule has 1 aliphatic rings. The van der Waals surface area contributed by atoms with Gasteiger partial charge in [-0.05, 0) is 55.0 Å². The number of rotatable bonds is 8. The van der Waals surface area contributed by atoms with Gasteiger partial charge < -0.3 is 14.4 Å². The maximum Gasteiger partial charge on any atom is 0.304 e.